The number of halogens is 2. The molecule has 1 fully saturated rings. The standard InChI is InChI=1S/C37H33Cl2N9O2/c1-23-9-10-27(15-31(23)38)43-34-26(17-40)19-42-36-30(34)14-28(16-32(36)39)44-35(25-8-5-12-41-18-25)33-21-48(46-45-33)29-11-13-47(20-29)37(49)50-22-24-6-3-2-4-7-24/h2-10,12,14-16,18-19,21,29,35,44-46H,11,13,20,22H2,1H3,(H,42,43)/t29-,35?/m1/s1. The third-order valence-electron chi connectivity index (χ3n) is 8.75. The van der Waals surface area contributed by atoms with E-state index in [4.69, 9.17) is 27.9 Å². The Bertz CT molecular complexity index is 2110. The zero-order chi connectivity index (χ0) is 34.6. The van der Waals surface area contributed by atoms with Crippen molar-refractivity contribution < 1.29 is 9.53 Å². The summed E-state index contributed by atoms with van der Waals surface area (Å²) in [6, 6.07) is 24.8. The van der Waals surface area contributed by atoms with Gasteiger partial charge in [0.2, 0.25) is 0 Å². The topological polar surface area (TPSA) is 130 Å². The molecule has 4 N–H and O–H groups in total. The number of rotatable bonds is 9. The highest BCUT2D eigenvalue weighted by atomic mass is 35.5. The molecule has 252 valence electrons. The molecule has 4 heterocycles. The van der Waals surface area contributed by atoms with Gasteiger partial charge in [-0.3, -0.25) is 15.0 Å². The quantitative estimate of drug-likeness (QED) is 0.122. The van der Waals surface area contributed by atoms with Crippen molar-refractivity contribution in [1.29, 1.82) is 5.26 Å². The van der Waals surface area contributed by atoms with Gasteiger partial charge in [-0.05, 0) is 60.4 Å². The Labute approximate surface area is 299 Å². The lowest BCUT2D eigenvalue weighted by Crippen LogP contribution is -2.45. The van der Waals surface area contributed by atoms with E-state index < -0.39 is 0 Å². The van der Waals surface area contributed by atoms with Gasteiger partial charge in [-0.15, -0.1) is 5.53 Å². The molecule has 1 unspecified atom stereocenters. The van der Waals surface area contributed by atoms with Crippen molar-refractivity contribution in [3.8, 4) is 6.07 Å². The molecule has 2 aliphatic heterocycles. The smallest absolute Gasteiger partial charge is 0.410 e. The molecule has 2 aliphatic rings. The molecule has 0 saturated carbocycles. The third kappa shape index (κ3) is 7.09. The number of carbonyl (C=O) groups is 1. The molecule has 3 aromatic carbocycles. The van der Waals surface area contributed by atoms with Crippen LogP contribution in [0.25, 0.3) is 10.9 Å². The Morgan fingerprint density at radius 1 is 1.08 bits per heavy atom. The Kier molecular flexibility index (Phi) is 9.58. The summed E-state index contributed by atoms with van der Waals surface area (Å²) < 4.78 is 5.57. The highest BCUT2D eigenvalue weighted by Crippen LogP contribution is 2.37. The van der Waals surface area contributed by atoms with Gasteiger partial charge in [0, 0.05) is 59.7 Å². The van der Waals surface area contributed by atoms with Gasteiger partial charge in [0.15, 0.2) is 0 Å². The average Bonchev–Trinajstić information content (AvgIpc) is 3.83. The van der Waals surface area contributed by atoms with E-state index in [1.807, 2.05) is 90.9 Å². The van der Waals surface area contributed by atoms with E-state index >= 15 is 0 Å². The predicted octanol–water partition coefficient (Wildman–Crippen LogP) is 7.59. The fourth-order valence-corrected chi connectivity index (χ4v) is 6.51. The zero-order valence-electron chi connectivity index (χ0n) is 27.0. The lowest BCUT2D eigenvalue weighted by atomic mass is 10.0. The molecule has 2 atom stereocenters. The molecule has 11 nitrogen and oxygen atoms in total. The number of nitrogens with one attached hydrogen (secondary N) is 4. The van der Waals surface area contributed by atoms with Crippen LogP contribution < -0.4 is 21.6 Å². The van der Waals surface area contributed by atoms with Gasteiger partial charge in [-0.1, -0.05) is 65.7 Å². The minimum Gasteiger partial charge on any atom is -0.445 e. The SMILES string of the molecule is Cc1ccc(Nc2c(C#N)cnc3c(Cl)cc(NC(C4=CN([C@@H]5CCN(C(=O)OCc6ccccc6)C5)NN4)c4cccnc4)cc23)cc1Cl. The van der Waals surface area contributed by atoms with Crippen LogP contribution in [0.5, 0.6) is 0 Å². The molecule has 50 heavy (non-hydrogen) atoms. The van der Waals surface area contributed by atoms with Crippen molar-refractivity contribution in [3.05, 3.63) is 136 Å². The third-order valence-corrected chi connectivity index (χ3v) is 9.45. The van der Waals surface area contributed by atoms with Crippen molar-refractivity contribution in [3.63, 3.8) is 0 Å². The maximum absolute atomic E-state index is 12.8. The lowest BCUT2D eigenvalue weighted by molar-refractivity contribution is 0.1000. The number of anilines is 3. The molecule has 7 rings (SSSR count). The van der Waals surface area contributed by atoms with Crippen LogP contribution in [0.1, 0.15) is 34.7 Å². The van der Waals surface area contributed by atoms with Crippen molar-refractivity contribution >= 4 is 57.3 Å². The summed E-state index contributed by atoms with van der Waals surface area (Å²) in [5.74, 6) is 0. The first-order valence-corrected chi connectivity index (χ1v) is 16.8. The summed E-state index contributed by atoms with van der Waals surface area (Å²) in [7, 11) is 0. The molecule has 1 saturated heterocycles. The maximum Gasteiger partial charge on any atom is 0.410 e. The Hall–Kier alpha value is -5.54. The van der Waals surface area contributed by atoms with Crippen molar-refractivity contribution in [2.24, 2.45) is 0 Å². The van der Waals surface area contributed by atoms with Crippen molar-refractivity contribution in [1.82, 2.24) is 30.8 Å². The lowest BCUT2D eigenvalue weighted by Gasteiger charge is -2.23. The van der Waals surface area contributed by atoms with E-state index in [-0.39, 0.29) is 24.8 Å². The van der Waals surface area contributed by atoms with Gasteiger partial charge in [0.25, 0.3) is 0 Å². The minimum absolute atomic E-state index is 0.0216. The first-order chi connectivity index (χ1) is 24.4. The van der Waals surface area contributed by atoms with Crippen LogP contribution >= 0.6 is 23.2 Å². The van der Waals surface area contributed by atoms with E-state index in [9.17, 15) is 10.1 Å². The zero-order valence-corrected chi connectivity index (χ0v) is 28.5. The van der Waals surface area contributed by atoms with E-state index in [1.165, 1.54) is 6.20 Å². The Balaban J connectivity index is 1.13. The van der Waals surface area contributed by atoms with Crippen LogP contribution in [-0.4, -0.2) is 45.1 Å². The Morgan fingerprint density at radius 2 is 1.92 bits per heavy atom. The van der Waals surface area contributed by atoms with Crippen LogP contribution in [0, 0.1) is 18.3 Å². The molecular weight excluding hydrogens is 673 g/mol. The number of hydrogen-bond acceptors (Lipinski definition) is 10. The summed E-state index contributed by atoms with van der Waals surface area (Å²) in [5.41, 5.74) is 13.1. The van der Waals surface area contributed by atoms with Gasteiger partial charge in [0.1, 0.15) is 12.7 Å². The second kappa shape index (κ2) is 14.5. The van der Waals surface area contributed by atoms with Gasteiger partial charge in [0.05, 0.1) is 39.6 Å². The number of nitrogens with zero attached hydrogens (tertiary/aromatic N) is 5. The number of hydrazine groups is 2. The van der Waals surface area contributed by atoms with Crippen molar-refractivity contribution in [2.75, 3.05) is 23.7 Å². The fourth-order valence-electron chi connectivity index (χ4n) is 6.06. The largest absolute Gasteiger partial charge is 0.445 e. The highest BCUT2D eigenvalue weighted by Gasteiger charge is 2.33. The number of likely N-dealkylation sites (tertiary alicyclic amines) is 1. The molecule has 13 heteroatoms. The van der Waals surface area contributed by atoms with E-state index in [0.717, 1.165) is 34.5 Å². The molecular formula is C37H33Cl2N9O2. The second-order valence-electron chi connectivity index (χ2n) is 12.1. The summed E-state index contributed by atoms with van der Waals surface area (Å²) in [6.45, 7) is 3.26. The number of amides is 1. The first-order valence-electron chi connectivity index (χ1n) is 16.1. The number of fused-ring (bicyclic) bond motifs is 1. The first kappa shape index (κ1) is 33.0. The number of aromatic nitrogens is 2. The normalized spacial score (nSPS) is 16.0. The summed E-state index contributed by atoms with van der Waals surface area (Å²) in [4.78, 5) is 23.4. The summed E-state index contributed by atoms with van der Waals surface area (Å²) in [6.07, 6.45) is 7.47. The van der Waals surface area contributed by atoms with Gasteiger partial charge < -0.3 is 25.7 Å². The average molecular weight is 707 g/mol. The van der Waals surface area contributed by atoms with Gasteiger partial charge >= 0.3 is 6.09 Å². The number of benzene rings is 3. The minimum atomic E-state index is -0.373. The van der Waals surface area contributed by atoms with E-state index in [1.54, 1.807) is 17.3 Å². The van der Waals surface area contributed by atoms with Crippen LogP contribution in [0.3, 0.4) is 0 Å². The van der Waals surface area contributed by atoms with Crippen LogP contribution in [-0.2, 0) is 11.3 Å². The highest BCUT2D eigenvalue weighted by molar-refractivity contribution is 6.36. The molecule has 0 radical (unpaired) electrons. The number of carbonyl (C=O) groups excluding carboxylic acids is 1. The molecule has 1 amide bonds. The summed E-state index contributed by atoms with van der Waals surface area (Å²) >= 11 is 13.2. The van der Waals surface area contributed by atoms with E-state index in [2.05, 4.69) is 37.6 Å². The van der Waals surface area contributed by atoms with Crippen molar-refractivity contribution in [2.45, 2.75) is 32.0 Å². The molecule has 0 aliphatic carbocycles. The van der Waals surface area contributed by atoms with Crippen LogP contribution in [0.2, 0.25) is 10.0 Å². The number of nitriles is 1. The van der Waals surface area contributed by atoms with Crippen LogP contribution in [0.4, 0.5) is 21.9 Å². The van der Waals surface area contributed by atoms with Gasteiger partial charge in [-0.25, -0.2) is 4.79 Å². The monoisotopic (exact) mass is 705 g/mol. The van der Waals surface area contributed by atoms with E-state index in [0.29, 0.717) is 51.0 Å². The molecule has 2 aromatic heterocycles. The molecule has 0 bridgehead atoms. The number of aryl methyl sites for hydroxylation is 1. The number of hydrogen-bond donors (Lipinski definition) is 4. The summed E-state index contributed by atoms with van der Waals surface area (Å²) in [5, 5.41) is 20.7. The Morgan fingerprint density at radius 3 is 2.70 bits per heavy atom. The maximum atomic E-state index is 12.8. The fraction of sp³-hybridized carbons (Fsp3) is 0.189. The molecule has 0 spiro atoms. The number of ether oxygens (including phenoxy) is 1. The number of pyridine rings is 2. The van der Waals surface area contributed by atoms with Crippen LogP contribution in [0.15, 0.2) is 103 Å². The second-order valence-corrected chi connectivity index (χ2v) is 12.9. The molecule has 5 aromatic rings. The predicted molar refractivity (Wildman–Crippen MR) is 194 cm³/mol. The van der Waals surface area contributed by atoms with Gasteiger partial charge in [-0.2, -0.15) is 5.26 Å².